The molecule has 3 rings (SSSR count). The zero-order valence-electron chi connectivity index (χ0n) is 14.8. The van der Waals surface area contributed by atoms with Gasteiger partial charge in [-0.05, 0) is 35.9 Å². The molecule has 2 aromatic carbocycles. The van der Waals surface area contributed by atoms with Crippen LogP contribution in [0, 0.1) is 0 Å². The number of hydroxylamine groups is 2. The van der Waals surface area contributed by atoms with Gasteiger partial charge < -0.3 is 0 Å². The minimum atomic E-state index is -4.00. The molecule has 0 bridgehead atoms. The molecule has 0 atom stereocenters. The van der Waals surface area contributed by atoms with Gasteiger partial charge >= 0.3 is 0 Å². The quantitative estimate of drug-likeness (QED) is 0.547. The lowest BCUT2D eigenvalue weighted by atomic mass is 9.90. The Labute approximate surface area is 152 Å². The Morgan fingerprint density at radius 1 is 0.962 bits per heavy atom. The highest BCUT2D eigenvalue weighted by atomic mass is 32.2. The van der Waals surface area contributed by atoms with E-state index < -0.39 is 21.9 Å². The van der Waals surface area contributed by atoms with Crippen LogP contribution in [0.3, 0.4) is 0 Å². The summed E-state index contributed by atoms with van der Waals surface area (Å²) >= 11 is 0. The van der Waals surface area contributed by atoms with E-state index in [0.29, 0.717) is 10.4 Å². The standard InChI is InChI=1S/C19H21NO5S/c1-3-4-5-6-8-13-11-12-16-17-14(13)9-7-10-15(17)18(21)20(19(16)22)25-26(2,23)24/h7,9-12H,3-6,8H2,1-2H3. The average Bonchev–Trinajstić information content (AvgIpc) is 2.60. The van der Waals surface area contributed by atoms with Crippen LogP contribution in [0.15, 0.2) is 30.3 Å². The molecule has 0 aromatic heterocycles. The fourth-order valence-corrected chi connectivity index (χ4v) is 3.70. The second-order valence-corrected chi connectivity index (χ2v) is 8.05. The molecular formula is C19H21NO5S. The van der Waals surface area contributed by atoms with Crippen molar-refractivity contribution >= 4 is 32.7 Å². The van der Waals surface area contributed by atoms with Crippen molar-refractivity contribution in [3.05, 3.63) is 47.0 Å². The monoisotopic (exact) mass is 375 g/mol. The van der Waals surface area contributed by atoms with E-state index in [9.17, 15) is 18.0 Å². The molecule has 0 N–H and O–H groups in total. The number of carbonyl (C=O) groups is 2. The zero-order chi connectivity index (χ0) is 18.9. The van der Waals surface area contributed by atoms with E-state index in [4.69, 9.17) is 0 Å². The summed E-state index contributed by atoms with van der Waals surface area (Å²) in [5, 5.41) is 1.76. The molecule has 0 aliphatic carbocycles. The Morgan fingerprint density at radius 3 is 2.31 bits per heavy atom. The van der Waals surface area contributed by atoms with Gasteiger partial charge in [0, 0.05) is 5.39 Å². The number of benzene rings is 2. The molecule has 0 fully saturated rings. The number of amides is 2. The van der Waals surface area contributed by atoms with Crippen LogP contribution in [0.1, 0.15) is 58.9 Å². The summed E-state index contributed by atoms with van der Waals surface area (Å²) in [4.78, 5) is 25.2. The maximum Gasteiger partial charge on any atom is 0.286 e. The Balaban J connectivity index is 2.04. The third-order valence-corrected chi connectivity index (χ3v) is 4.89. The lowest BCUT2D eigenvalue weighted by Gasteiger charge is -2.25. The maximum absolute atomic E-state index is 12.6. The molecule has 0 spiro atoms. The third-order valence-electron chi connectivity index (χ3n) is 4.47. The summed E-state index contributed by atoms with van der Waals surface area (Å²) in [5.41, 5.74) is 1.63. The van der Waals surface area contributed by atoms with Crippen LogP contribution >= 0.6 is 0 Å². The van der Waals surface area contributed by atoms with E-state index in [-0.39, 0.29) is 11.1 Å². The molecule has 138 valence electrons. The largest absolute Gasteiger partial charge is 0.286 e. The van der Waals surface area contributed by atoms with Crippen molar-refractivity contribution in [2.45, 2.75) is 39.0 Å². The van der Waals surface area contributed by atoms with Gasteiger partial charge in [0.15, 0.2) is 0 Å². The fourth-order valence-electron chi connectivity index (χ4n) is 3.30. The van der Waals surface area contributed by atoms with Gasteiger partial charge in [-0.1, -0.05) is 44.4 Å². The average molecular weight is 375 g/mol. The second kappa shape index (κ2) is 7.17. The zero-order valence-corrected chi connectivity index (χ0v) is 15.6. The van der Waals surface area contributed by atoms with Crippen LogP contribution in [0.25, 0.3) is 10.8 Å². The molecule has 0 saturated carbocycles. The molecule has 1 aliphatic rings. The summed E-state index contributed by atoms with van der Waals surface area (Å²) < 4.78 is 27.4. The van der Waals surface area contributed by atoms with E-state index in [2.05, 4.69) is 11.2 Å². The molecule has 6 nitrogen and oxygen atoms in total. The number of hydrogen-bond donors (Lipinski definition) is 0. The number of imide groups is 1. The summed E-state index contributed by atoms with van der Waals surface area (Å²) in [6.45, 7) is 2.16. The van der Waals surface area contributed by atoms with Crippen molar-refractivity contribution in [3.63, 3.8) is 0 Å². The van der Waals surface area contributed by atoms with Crippen LogP contribution in [0.5, 0.6) is 0 Å². The van der Waals surface area contributed by atoms with Crippen LogP contribution in [-0.4, -0.2) is 31.6 Å². The highest BCUT2D eigenvalue weighted by Crippen LogP contribution is 2.33. The van der Waals surface area contributed by atoms with Crippen LogP contribution in [0.2, 0.25) is 0 Å². The normalized spacial score (nSPS) is 14.3. The fraction of sp³-hybridized carbons (Fsp3) is 0.368. The topological polar surface area (TPSA) is 80.8 Å². The summed E-state index contributed by atoms with van der Waals surface area (Å²) in [6, 6.07) is 8.74. The summed E-state index contributed by atoms with van der Waals surface area (Å²) in [5.74, 6) is -1.52. The first-order chi connectivity index (χ1) is 12.3. The number of aryl methyl sites for hydroxylation is 1. The number of nitrogens with zero attached hydrogens (tertiary/aromatic N) is 1. The van der Waals surface area contributed by atoms with Crippen molar-refractivity contribution in [3.8, 4) is 0 Å². The number of unbranched alkanes of at least 4 members (excludes halogenated alkanes) is 3. The van der Waals surface area contributed by atoms with Gasteiger partial charge in [0.25, 0.3) is 21.9 Å². The number of carbonyl (C=O) groups excluding carboxylic acids is 2. The van der Waals surface area contributed by atoms with Crippen molar-refractivity contribution < 1.29 is 22.3 Å². The van der Waals surface area contributed by atoms with Crippen molar-refractivity contribution in [2.75, 3.05) is 6.26 Å². The van der Waals surface area contributed by atoms with Crippen molar-refractivity contribution in [2.24, 2.45) is 0 Å². The van der Waals surface area contributed by atoms with Gasteiger partial charge in [0.05, 0.1) is 17.4 Å². The Kier molecular flexibility index (Phi) is 5.11. The van der Waals surface area contributed by atoms with E-state index in [0.717, 1.165) is 42.9 Å². The smallest absolute Gasteiger partial charge is 0.266 e. The number of hydrogen-bond acceptors (Lipinski definition) is 5. The van der Waals surface area contributed by atoms with Gasteiger partial charge in [-0.2, -0.15) is 8.42 Å². The molecule has 1 aliphatic heterocycles. The Hall–Kier alpha value is -2.25. The first-order valence-corrected chi connectivity index (χ1v) is 10.5. The van der Waals surface area contributed by atoms with Gasteiger partial charge in [-0.3, -0.25) is 9.59 Å². The summed E-state index contributed by atoms with van der Waals surface area (Å²) in [7, 11) is -4.00. The minimum absolute atomic E-state index is 0.274. The summed E-state index contributed by atoms with van der Waals surface area (Å²) in [6.07, 6.45) is 6.17. The first-order valence-electron chi connectivity index (χ1n) is 8.66. The minimum Gasteiger partial charge on any atom is -0.266 e. The Morgan fingerprint density at radius 2 is 1.65 bits per heavy atom. The van der Waals surface area contributed by atoms with E-state index >= 15 is 0 Å². The molecule has 0 radical (unpaired) electrons. The lowest BCUT2D eigenvalue weighted by Crippen LogP contribution is -2.41. The van der Waals surface area contributed by atoms with Crippen molar-refractivity contribution in [1.29, 1.82) is 0 Å². The third kappa shape index (κ3) is 3.50. The first kappa shape index (κ1) is 18.5. The molecule has 0 unspecified atom stereocenters. The van der Waals surface area contributed by atoms with E-state index in [1.165, 1.54) is 6.42 Å². The van der Waals surface area contributed by atoms with Gasteiger partial charge in [0.2, 0.25) is 0 Å². The molecule has 2 amide bonds. The second-order valence-electron chi connectivity index (χ2n) is 6.49. The maximum atomic E-state index is 12.6. The molecule has 7 heteroatoms. The highest BCUT2D eigenvalue weighted by molar-refractivity contribution is 7.85. The molecule has 2 aromatic rings. The molecular weight excluding hydrogens is 354 g/mol. The van der Waals surface area contributed by atoms with Crippen LogP contribution in [0.4, 0.5) is 0 Å². The lowest BCUT2D eigenvalue weighted by molar-refractivity contribution is -0.0149. The molecule has 1 heterocycles. The van der Waals surface area contributed by atoms with Crippen molar-refractivity contribution in [1.82, 2.24) is 5.06 Å². The van der Waals surface area contributed by atoms with Gasteiger partial charge in [-0.15, -0.1) is 9.35 Å². The predicted molar refractivity (Wildman–Crippen MR) is 98.2 cm³/mol. The Bertz CT molecular complexity index is 959. The van der Waals surface area contributed by atoms with Gasteiger partial charge in [-0.25, -0.2) is 0 Å². The number of rotatable bonds is 7. The highest BCUT2D eigenvalue weighted by Gasteiger charge is 2.36. The van der Waals surface area contributed by atoms with Gasteiger partial charge in [0.1, 0.15) is 0 Å². The SMILES string of the molecule is CCCCCCc1ccc2c3c(cccc13)C(=O)N(OS(C)(=O)=O)C2=O. The van der Waals surface area contributed by atoms with Crippen LogP contribution < -0.4 is 0 Å². The predicted octanol–water partition coefficient (Wildman–Crippen LogP) is 3.45. The van der Waals surface area contributed by atoms with E-state index in [1.54, 1.807) is 18.2 Å². The molecule has 0 saturated heterocycles. The van der Waals surface area contributed by atoms with E-state index in [1.807, 2.05) is 12.1 Å². The molecule has 26 heavy (non-hydrogen) atoms. The van der Waals surface area contributed by atoms with Crippen LogP contribution in [-0.2, 0) is 20.8 Å².